The lowest BCUT2D eigenvalue weighted by molar-refractivity contribution is -0.137. The molecule has 186 valence electrons. The molecule has 1 aliphatic carbocycles. The van der Waals surface area contributed by atoms with Gasteiger partial charge in [0.1, 0.15) is 5.82 Å². The third kappa shape index (κ3) is 4.24. The van der Waals surface area contributed by atoms with E-state index in [1.165, 1.54) is 0 Å². The Morgan fingerprint density at radius 1 is 1.35 bits per heavy atom. The second-order valence-corrected chi connectivity index (χ2v) is 10.7. The van der Waals surface area contributed by atoms with Crippen molar-refractivity contribution in [3.63, 3.8) is 0 Å². The van der Waals surface area contributed by atoms with E-state index in [-0.39, 0.29) is 18.1 Å². The molecule has 34 heavy (non-hydrogen) atoms. The van der Waals surface area contributed by atoms with Crippen LogP contribution < -0.4 is 36.1 Å². The van der Waals surface area contributed by atoms with Crippen molar-refractivity contribution in [2.75, 3.05) is 11.6 Å². The highest BCUT2D eigenvalue weighted by atomic mass is 16.7. The summed E-state index contributed by atoms with van der Waals surface area (Å²) in [5, 5.41) is 18.8. The fraction of sp³-hybridized carbons (Fsp3) is 0.652. The van der Waals surface area contributed by atoms with E-state index >= 15 is 0 Å². The molecule has 0 radical (unpaired) electrons. The van der Waals surface area contributed by atoms with E-state index in [4.69, 9.17) is 24.7 Å². The van der Waals surface area contributed by atoms with Gasteiger partial charge in [0.05, 0.1) is 18.7 Å². The topological polar surface area (TPSA) is 147 Å². The number of aliphatic imine (C=N–C) groups is 1. The Hall–Kier alpha value is -3.08. The molecule has 4 aliphatic rings. The van der Waals surface area contributed by atoms with Crippen molar-refractivity contribution in [1.29, 1.82) is 0 Å². The highest BCUT2D eigenvalue weighted by molar-refractivity contribution is 5.68. The first-order valence-electron chi connectivity index (χ1n) is 11.8. The van der Waals surface area contributed by atoms with Crippen molar-refractivity contribution < 1.29 is 23.8 Å². The average Bonchev–Trinajstić information content (AvgIpc) is 3.35. The van der Waals surface area contributed by atoms with E-state index < -0.39 is 11.8 Å². The Morgan fingerprint density at radius 2 is 2.09 bits per heavy atom. The first kappa shape index (κ1) is 22.7. The van der Waals surface area contributed by atoms with Crippen LogP contribution in [0.25, 0.3) is 0 Å². The van der Waals surface area contributed by atoms with Crippen LogP contribution in [0.5, 0.6) is 11.5 Å². The van der Waals surface area contributed by atoms with E-state index in [0.29, 0.717) is 48.3 Å². The van der Waals surface area contributed by atoms with Crippen LogP contribution in [0.15, 0.2) is 20.9 Å². The number of rotatable bonds is 8. The second-order valence-electron chi connectivity index (χ2n) is 10.7. The molecule has 0 aromatic carbocycles. The van der Waals surface area contributed by atoms with Gasteiger partial charge in [-0.15, -0.1) is 0 Å². The maximum atomic E-state index is 10.8. The summed E-state index contributed by atoms with van der Waals surface area (Å²) in [6.45, 7) is 8.52. The first-order valence-corrected chi connectivity index (χ1v) is 11.8. The molecule has 0 bridgehead atoms. The van der Waals surface area contributed by atoms with Gasteiger partial charge in [0.25, 0.3) is 0 Å². The van der Waals surface area contributed by atoms with Gasteiger partial charge in [-0.3, -0.25) is 9.69 Å². The Morgan fingerprint density at radius 3 is 2.82 bits per heavy atom. The third-order valence-corrected chi connectivity index (χ3v) is 6.75. The van der Waals surface area contributed by atoms with Gasteiger partial charge in [0.15, 0.2) is 11.9 Å². The number of hydrogen-bond donors (Lipinski definition) is 5. The normalized spacial score (nSPS) is 26.7. The van der Waals surface area contributed by atoms with Gasteiger partial charge in [0.2, 0.25) is 23.2 Å². The van der Waals surface area contributed by atoms with Crippen LogP contribution in [-0.2, 0) is 11.2 Å². The molecule has 3 aliphatic heterocycles. The SMILES string of the molecule is CC(C)(Cc1oc(N2CNC3=C(N)NC=N[C@@H]32)c2c1OC(C)(C)O2)NC1CC(CCC(=O)O)C1. The number of carboxylic acids is 1. The molecule has 1 saturated carbocycles. The first-order chi connectivity index (χ1) is 16.0. The molecule has 2 fully saturated rings. The molecule has 1 aromatic rings. The third-order valence-electron chi connectivity index (χ3n) is 6.75. The monoisotopic (exact) mass is 474 g/mol. The molecule has 1 aromatic heterocycles. The van der Waals surface area contributed by atoms with Crippen LogP contribution in [0.1, 0.15) is 59.1 Å². The lowest BCUT2D eigenvalue weighted by atomic mass is 9.76. The molecule has 1 saturated heterocycles. The Bertz CT molecular complexity index is 1040. The van der Waals surface area contributed by atoms with Crippen molar-refractivity contribution in [3.8, 4) is 11.5 Å². The number of ether oxygens (including phenoxy) is 2. The number of carboxylic acid groups (broad SMARTS) is 1. The molecule has 11 nitrogen and oxygen atoms in total. The number of aliphatic carboxylic acids is 1. The Labute approximate surface area is 198 Å². The maximum absolute atomic E-state index is 10.8. The van der Waals surface area contributed by atoms with Crippen molar-refractivity contribution in [3.05, 3.63) is 17.3 Å². The van der Waals surface area contributed by atoms with Gasteiger partial charge in [-0.1, -0.05) is 0 Å². The van der Waals surface area contributed by atoms with Crippen LogP contribution in [0.3, 0.4) is 0 Å². The van der Waals surface area contributed by atoms with Crippen LogP contribution in [0.2, 0.25) is 0 Å². The molecule has 4 heterocycles. The minimum atomic E-state index is -0.796. The summed E-state index contributed by atoms with van der Waals surface area (Å²) in [5.41, 5.74) is 6.62. The molecular weight excluding hydrogens is 440 g/mol. The summed E-state index contributed by atoms with van der Waals surface area (Å²) in [4.78, 5) is 17.3. The van der Waals surface area contributed by atoms with E-state index in [1.807, 2.05) is 18.7 Å². The van der Waals surface area contributed by atoms with Gasteiger partial charge < -0.3 is 40.7 Å². The van der Waals surface area contributed by atoms with Crippen LogP contribution in [-0.4, -0.2) is 47.6 Å². The van der Waals surface area contributed by atoms with Crippen LogP contribution in [0.4, 0.5) is 5.88 Å². The number of nitrogens with zero attached hydrogens (tertiary/aromatic N) is 2. The predicted octanol–water partition coefficient (Wildman–Crippen LogP) is 1.79. The molecule has 0 amide bonds. The zero-order valence-corrected chi connectivity index (χ0v) is 20.1. The smallest absolute Gasteiger partial charge is 0.303 e. The van der Waals surface area contributed by atoms with Crippen molar-refractivity contribution in [2.24, 2.45) is 16.6 Å². The van der Waals surface area contributed by atoms with Gasteiger partial charge in [-0.25, -0.2) is 4.99 Å². The highest BCUT2D eigenvalue weighted by Crippen LogP contribution is 2.52. The second kappa shape index (κ2) is 8.00. The number of fused-ring (bicyclic) bond motifs is 2. The standard InChI is InChI=1S/C23H34N6O5/c1-22(2,28-13-7-12(8-13)5-6-15(30)31)9-14-17-18(34-23(3,4)33-17)21(32-14)29-11-27-16-19(24)25-10-26-20(16)29/h10,12-13,20,27-28H,5-9,11,24H2,1-4H3,(H,25,26)(H,30,31)/t12?,13?,20-/m1/s1. The summed E-state index contributed by atoms with van der Waals surface area (Å²) < 4.78 is 18.7. The lowest BCUT2D eigenvalue weighted by Crippen LogP contribution is -2.52. The summed E-state index contributed by atoms with van der Waals surface area (Å²) in [7, 11) is 0. The average molecular weight is 475 g/mol. The van der Waals surface area contributed by atoms with E-state index in [0.717, 1.165) is 30.7 Å². The quantitative estimate of drug-likeness (QED) is 0.378. The van der Waals surface area contributed by atoms with E-state index in [2.05, 4.69) is 34.8 Å². The molecule has 11 heteroatoms. The zero-order chi connectivity index (χ0) is 24.3. The van der Waals surface area contributed by atoms with Gasteiger partial charge in [-0.05, 0) is 39.0 Å². The van der Waals surface area contributed by atoms with Crippen LogP contribution >= 0.6 is 0 Å². The Kier molecular flexibility index (Phi) is 5.34. The number of nitrogens with one attached hydrogen (secondary N) is 3. The number of furan rings is 1. The molecular formula is C23H34N6O5. The summed E-state index contributed by atoms with van der Waals surface area (Å²) in [5.74, 6) is 2.00. The van der Waals surface area contributed by atoms with E-state index in [1.54, 1.807) is 6.34 Å². The molecule has 1 atom stereocenters. The number of carbonyl (C=O) groups is 1. The summed E-state index contributed by atoms with van der Waals surface area (Å²) in [6.07, 6.45) is 4.85. The van der Waals surface area contributed by atoms with Crippen molar-refractivity contribution >= 4 is 18.2 Å². The van der Waals surface area contributed by atoms with E-state index in [9.17, 15) is 4.79 Å². The summed E-state index contributed by atoms with van der Waals surface area (Å²) >= 11 is 0. The number of hydrogen-bond acceptors (Lipinski definition) is 10. The molecule has 5 rings (SSSR count). The summed E-state index contributed by atoms with van der Waals surface area (Å²) in [6, 6.07) is 0.368. The predicted molar refractivity (Wildman–Crippen MR) is 125 cm³/mol. The molecule has 0 unspecified atom stereocenters. The highest BCUT2D eigenvalue weighted by Gasteiger charge is 2.45. The van der Waals surface area contributed by atoms with Gasteiger partial charge in [-0.2, -0.15) is 0 Å². The minimum Gasteiger partial charge on any atom is -0.481 e. The van der Waals surface area contributed by atoms with Gasteiger partial charge in [0, 0.05) is 38.3 Å². The lowest BCUT2D eigenvalue weighted by Gasteiger charge is -2.41. The fourth-order valence-corrected chi connectivity index (χ4v) is 5.20. The minimum absolute atomic E-state index is 0.240. The fourth-order valence-electron chi connectivity index (χ4n) is 5.20. The van der Waals surface area contributed by atoms with Crippen molar-refractivity contribution in [2.45, 2.75) is 83.3 Å². The number of anilines is 1. The largest absolute Gasteiger partial charge is 0.481 e. The molecule has 0 spiro atoms. The zero-order valence-electron chi connectivity index (χ0n) is 20.1. The number of nitrogens with two attached hydrogens (primary N) is 1. The maximum Gasteiger partial charge on any atom is 0.303 e. The van der Waals surface area contributed by atoms with Crippen molar-refractivity contribution in [1.82, 2.24) is 16.0 Å². The van der Waals surface area contributed by atoms with Crippen LogP contribution in [0, 0.1) is 5.92 Å². The van der Waals surface area contributed by atoms with Gasteiger partial charge >= 0.3 is 5.97 Å². The molecule has 6 N–H and O–H groups in total. The Balaban J connectivity index is 1.32.